The van der Waals surface area contributed by atoms with Crippen molar-refractivity contribution in [2.45, 2.75) is 12.7 Å². The largest absolute Gasteiger partial charge is 0.342 e. The van der Waals surface area contributed by atoms with Crippen molar-refractivity contribution in [1.29, 1.82) is 0 Å². The fourth-order valence-corrected chi connectivity index (χ4v) is 2.60. The number of hydrogen-bond acceptors (Lipinski definition) is 5. The van der Waals surface area contributed by atoms with Crippen molar-refractivity contribution in [3.8, 4) is 16.9 Å². The van der Waals surface area contributed by atoms with Gasteiger partial charge in [-0.25, -0.2) is 9.67 Å². The lowest BCUT2D eigenvalue weighted by Gasteiger charge is -2.21. The highest BCUT2D eigenvalue weighted by Gasteiger charge is 2.34. The standard InChI is InChI=1S/C17H16N4O2/c1-17(22-8-9-23-17)16-6-2-5-15(20-16)13-10-19-21(12-13)14-4-3-7-18-11-14/h2-7,10-12H,8-9H2,1H3. The molecule has 0 unspecified atom stereocenters. The highest BCUT2D eigenvalue weighted by atomic mass is 16.7. The van der Waals surface area contributed by atoms with Gasteiger partial charge in [-0.05, 0) is 31.2 Å². The fourth-order valence-electron chi connectivity index (χ4n) is 2.60. The van der Waals surface area contributed by atoms with Gasteiger partial charge in [0.1, 0.15) is 0 Å². The third-order valence-corrected chi connectivity index (χ3v) is 3.84. The Morgan fingerprint density at radius 1 is 1.09 bits per heavy atom. The van der Waals surface area contributed by atoms with E-state index in [1.54, 1.807) is 23.3 Å². The number of ether oxygens (including phenoxy) is 2. The van der Waals surface area contributed by atoms with Gasteiger partial charge in [0.2, 0.25) is 5.79 Å². The van der Waals surface area contributed by atoms with E-state index in [0.29, 0.717) is 13.2 Å². The Morgan fingerprint density at radius 3 is 2.74 bits per heavy atom. The molecule has 3 aromatic rings. The van der Waals surface area contributed by atoms with Crippen molar-refractivity contribution >= 4 is 0 Å². The zero-order valence-electron chi connectivity index (χ0n) is 12.7. The lowest BCUT2D eigenvalue weighted by Crippen LogP contribution is -2.23. The monoisotopic (exact) mass is 308 g/mol. The van der Waals surface area contributed by atoms with E-state index in [0.717, 1.165) is 22.6 Å². The quantitative estimate of drug-likeness (QED) is 0.744. The van der Waals surface area contributed by atoms with Crippen LogP contribution in [0.2, 0.25) is 0 Å². The van der Waals surface area contributed by atoms with Crippen molar-refractivity contribution in [3.63, 3.8) is 0 Å². The molecule has 4 rings (SSSR count). The highest BCUT2D eigenvalue weighted by Crippen LogP contribution is 2.30. The first-order chi connectivity index (χ1) is 11.2. The summed E-state index contributed by atoms with van der Waals surface area (Å²) in [7, 11) is 0. The number of rotatable bonds is 3. The van der Waals surface area contributed by atoms with Crippen molar-refractivity contribution in [1.82, 2.24) is 19.7 Å². The molecule has 1 fully saturated rings. The van der Waals surface area contributed by atoms with Gasteiger partial charge in [0.15, 0.2) is 0 Å². The molecule has 0 saturated carbocycles. The lowest BCUT2D eigenvalue weighted by molar-refractivity contribution is -0.152. The predicted octanol–water partition coefficient (Wildman–Crippen LogP) is 2.55. The average molecular weight is 308 g/mol. The van der Waals surface area contributed by atoms with Gasteiger partial charge in [-0.2, -0.15) is 5.10 Å². The molecule has 1 aliphatic heterocycles. The summed E-state index contributed by atoms with van der Waals surface area (Å²) >= 11 is 0. The van der Waals surface area contributed by atoms with Crippen molar-refractivity contribution in [2.75, 3.05) is 13.2 Å². The second-order valence-electron chi connectivity index (χ2n) is 5.44. The van der Waals surface area contributed by atoms with Gasteiger partial charge in [-0.1, -0.05) is 6.07 Å². The minimum absolute atomic E-state index is 0.585. The Balaban J connectivity index is 1.68. The minimum atomic E-state index is -0.768. The maximum absolute atomic E-state index is 5.68. The number of pyridine rings is 2. The van der Waals surface area contributed by atoms with Crippen molar-refractivity contribution in [2.24, 2.45) is 0 Å². The first-order valence-electron chi connectivity index (χ1n) is 7.45. The highest BCUT2D eigenvalue weighted by molar-refractivity contribution is 5.58. The summed E-state index contributed by atoms with van der Waals surface area (Å²) in [6.07, 6.45) is 7.22. The Labute approximate surface area is 133 Å². The number of hydrogen-bond donors (Lipinski definition) is 0. The van der Waals surface area contributed by atoms with E-state index >= 15 is 0 Å². The molecule has 1 aliphatic rings. The summed E-state index contributed by atoms with van der Waals surface area (Å²) in [4.78, 5) is 8.79. The average Bonchev–Trinajstić information content (AvgIpc) is 3.26. The van der Waals surface area contributed by atoms with Gasteiger partial charge >= 0.3 is 0 Å². The van der Waals surface area contributed by atoms with Gasteiger partial charge < -0.3 is 9.47 Å². The molecular weight excluding hydrogens is 292 g/mol. The van der Waals surface area contributed by atoms with Gasteiger partial charge in [-0.15, -0.1) is 0 Å². The predicted molar refractivity (Wildman–Crippen MR) is 83.8 cm³/mol. The number of aromatic nitrogens is 4. The third-order valence-electron chi connectivity index (χ3n) is 3.84. The molecule has 0 aliphatic carbocycles. The van der Waals surface area contributed by atoms with E-state index < -0.39 is 5.79 Å². The molecule has 0 atom stereocenters. The first-order valence-corrected chi connectivity index (χ1v) is 7.45. The van der Waals surface area contributed by atoms with Crippen LogP contribution in [0.15, 0.2) is 55.1 Å². The second kappa shape index (κ2) is 5.57. The third kappa shape index (κ3) is 2.62. The van der Waals surface area contributed by atoms with Gasteiger partial charge in [0.05, 0.1) is 42.7 Å². The molecule has 0 bridgehead atoms. The summed E-state index contributed by atoms with van der Waals surface area (Å²) in [5, 5.41) is 4.38. The first kappa shape index (κ1) is 14.0. The molecular formula is C17H16N4O2. The van der Waals surface area contributed by atoms with Gasteiger partial charge in [0, 0.05) is 18.0 Å². The van der Waals surface area contributed by atoms with Gasteiger partial charge in [-0.3, -0.25) is 4.98 Å². The van der Waals surface area contributed by atoms with E-state index in [9.17, 15) is 0 Å². The van der Waals surface area contributed by atoms with Crippen LogP contribution in [0.3, 0.4) is 0 Å². The summed E-state index contributed by atoms with van der Waals surface area (Å²) in [6, 6.07) is 9.65. The van der Waals surface area contributed by atoms with E-state index in [1.807, 2.05) is 43.5 Å². The van der Waals surface area contributed by atoms with Crippen LogP contribution in [0.1, 0.15) is 12.6 Å². The van der Waals surface area contributed by atoms with E-state index in [-0.39, 0.29) is 0 Å². The molecule has 1 saturated heterocycles. The Bertz CT molecular complexity index is 810. The molecule has 4 heterocycles. The molecule has 0 amide bonds. The normalized spacial score (nSPS) is 16.6. The van der Waals surface area contributed by atoms with Crippen LogP contribution in [0.4, 0.5) is 0 Å². The van der Waals surface area contributed by atoms with Gasteiger partial charge in [0.25, 0.3) is 0 Å². The molecule has 3 aromatic heterocycles. The smallest absolute Gasteiger partial charge is 0.209 e. The molecule has 116 valence electrons. The molecule has 0 spiro atoms. The lowest BCUT2D eigenvalue weighted by atomic mass is 10.1. The molecule has 0 N–H and O–H groups in total. The van der Waals surface area contributed by atoms with Crippen molar-refractivity contribution in [3.05, 3.63) is 60.8 Å². The minimum Gasteiger partial charge on any atom is -0.342 e. The van der Waals surface area contributed by atoms with Crippen LogP contribution in [0, 0.1) is 0 Å². The molecule has 0 radical (unpaired) electrons. The Kier molecular flexibility index (Phi) is 3.40. The molecule has 6 heteroatoms. The topological polar surface area (TPSA) is 62.1 Å². The van der Waals surface area contributed by atoms with E-state index in [2.05, 4.69) is 15.1 Å². The zero-order chi connectivity index (χ0) is 15.7. The zero-order valence-corrected chi connectivity index (χ0v) is 12.7. The van der Waals surface area contributed by atoms with Crippen LogP contribution >= 0.6 is 0 Å². The maximum atomic E-state index is 5.68. The molecule has 0 aromatic carbocycles. The second-order valence-corrected chi connectivity index (χ2v) is 5.44. The summed E-state index contributed by atoms with van der Waals surface area (Å²) in [5.74, 6) is -0.768. The van der Waals surface area contributed by atoms with Crippen LogP contribution in [-0.2, 0) is 15.3 Å². The Hall–Kier alpha value is -2.57. The fraction of sp³-hybridized carbons (Fsp3) is 0.235. The van der Waals surface area contributed by atoms with Crippen LogP contribution in [0.5, 0.6) is 0 Å². The summed E-state index contributed by atoms with van der Waals surface area (Å²) in [5.41, 5.74) is 3.43. The maximum Gasteiger partial charge on any atom is 0.209 e. The summed E-state index contributed by atoms with van der Waals surface area (Å²) in [6.45, 7) is 3.06. The molecule has 6 nitrogen and oxygen atoms in total. The van der Waals surface area contributed by atoms with Crippen LogP contribution in [0.25, 0.3) is 16.9 Å². The Morgan fingerprint density at radius 2 is 1.96 bits per heavy atom. The number of nitrogens with zero attached hydrogens (tertiary/aromatic N) is 4. The molecule has 23 heavy (non-hydrogen) atoms. The summed E-state index contributed by atoms with van der Waals surface area (Å²) < 4.78 is 13.1. The van der Waals surface area contributed by atoms with Crippen molar-refractivity contribution < 1.29 is 9.47 Å². The van der Waals surface area contributed by atoms with E-state index in [1.165, 1.54) is 0 Å². The van der Waals surface area contributed by atoms with E-state index in [4.69, 9.17) is 9.47 Å². The van der Waals surface area contributed by atoms with Crippen LogP contribution < -0.4 is 0 Å². The van der Waals surface area contributed by atoms with Crippen LogP contribution in [-0.4, -0.2) is 33.0 Å². The SMILES string of the molecule is CC1(c2cccc(-c3cnn(-c4cccnc4)c3)n2)OCCO1.